The van der Waals surface area contributed by atoms with Crippen molar-refractivity contribution in [3.05, 3.63) is 0 Å². The zero-order valence-electron chi connectivity index (χ0n) is 22.5. The second-order valence-electron chi connectivity index (χ2n) is 13.3. The Morgan fingerprint density at radius 1 is 0.892 bits per heavy atom. The molecule has 4 aliphatic rings. The van der Waals surface area contributed by atoms with Gasteiger partial charge in [-0.25, -0.2) is 0 Å². The maximum Gasteiger partial charge on any atom is 0.314 e. The van der Waals surface area contributed by atoms with Crippen molar-refractivity contribution in [1.82, 2.24) is 0 Å². The van der Waals surface area contributed by atoms with Gasteiger partial charge in [-0.1, -0.05) is 20.8 Å². The summed E-state index contributed by atoms with van der Waals surface area (Å²) in [6.45, 7) is 6.55. The second kappa shape index (κ2) is 10.6. The molecule has 210 valence electrons. The Kier molecular flexibility index (Phi) is 8.14. The lowest BCUT2D eigenvalue weighted by atomic mass is 9.43. The molecule has 0 aromatic heterocycles. The normalized spacial score (nSPS) is 44.7. The molecule has 8 nitrogen and oxygen atoms in total. The van der Waals surface area contributed by atoms with Crippen molar-refractivity contribution < 1.29 is 39.9 Å². The third-order valence-electron chi connectivity index (χ3n) is 11.7. The van der Waals surface area contributed by atoms with Gasteiger partial charge < -0.3 is 25.5 Å². The van der Waals surface area contributed by atoms with E-state index in [9.17, 15) is 34.8 Å². The number of aliphatic hydroxyl groups excluding tert-OH is 3. The summed E-state index contributed by atoms with van der Waals surface area (Å²) in [6.07, 6.45) is 4.41. The van der Waals surface area contributed by atoms with Gasteiger partial charge in [0.05, 0.1) is 18.3 Å². The molecule has 0 amide bonds. The lowest BCUT2D eigenvalue weighted by Crippen LogP contribution is -2.62. The van der Waals surface area contributed by atoms with Crippen molar-refractivity contribution in [2.24, 2.45) is 52.3 Å². The van der Waals surface area contributed by atoms with Crippen molar-refractivity contribution in [3.63, 3.8) is 0 Å². The van der Waals surface area contributed by atoms with Gasteiger partial charge in [0, 0.05) is 12.8 Å². The van der Waals surface area contributed by atoms with Crippen LogP contribution in [-0.2, 0) is 14.4 Å². The van der Waals surface area contributed by atoms with E-state index in [0.717, 1.165) is 32.1 Å². The molecule has 0 heterocycles. The van der Waals surface area contributed by atoms with Crippen molar-refractivity contribution in [2.75, 3.05) is 0 Å². The number of carbonyl (C=O) groups excluding carboxylic acids is 1. The van der Waals surface area contributed by atoms with Crippen LogP contribution < -0.4 is 0 Å². The number of carbonyl (C=O) groups is 3. The Balaban J connectivity index is 1.47. The van der Waals surface area contributed by atoms with Crippen LogP contribution in [0, 0.1) is 52.3 Å². The third-order valence-corrected chi connectivity index (χ3v) is 11.7. The quantitative estimate of drug-likeness (QED) is 0.289. The van der Waals surface area contributed by atoms with Gasteiger partial charge in [-0.3, -0.25) is 14.4 Å². The molecule has 0 saturated heterocycles. The molecule has 0 aliphatic heterocycles. The average molecular weight is 523 g/mol. The molecule has 4 saturated carbocycles. The second-order valence-corrected chi connectivity index (χ2v) is 13.3. The number of carboxylic acids is 2. The number of ketones is 1. The molecule has 37 heavy (non-hydrogen) atoms. The Labute approximate surface area is 219 Å². The Bertz CT molecular complexity index is 889. The smallest absolute Gasteiger partial charge is 0.314 e. The molecule has 12 unspecified atom stereocenters. The number of Topliss-reactive ketones (excluding diaryl/α,β-unsaturated/α-hetero) is 1. The molecule has 8 heteroatoms. The summed E-state index contributed by atoms with van der Waals surface area (Å²) in [7, 11) is 0. The van der Waals surface area contributed by atoms with E-state index in [-0.39, 0.29) is 71.7 Å². The zero-order chi connectivity index (χ0) is 27.3. The third kappa shape index (κ3) is 4.98. The summed E-state index contributed by atoms with van der Waals surface area (Å²) < 4.78 is 0. The molecular weight excluding hydrogens is 476 g/mol. The van der Waals surface area contributed by atoms with Gasteiger partial charge in [0.1, 0.15) is 11.7 Å². The molecule has 4 rings (SSSR count). The first kappa shape index (κ1) is 28.5. The maximum absolute atomic E-state index is 12.7. The van der Waals surface area contributed by atoms with Crippen molar-refractivity contribution in [3.8, 4) is 0 Å². The van der Waals surface area contributed by atoms with Gasteiger partial charge in [0.15, 0.2) is 0 Å². The minimum Gasteiger partial charge on any atom is -0.481 e. The molecule has 4 aliphatic carbocycles. The standard InChI is InChI=1S/C29H46O8/c1-15(4-8-22(31)18(27(36)37)5-9-25(34)35)19-6-7-20-26-21(14-24(33)29(19,20)3)28(2)11-10-17(30)12-16(28)13-23(26)32/h15-21,23-24,26,30,32-33H,4-14H2,1-3H3,(H,34,35)(H,36,37). The number of hydrogen-bond donors (Lipinski definition) is 5. The van der Waals surface area contributed by atoms with Gasteiger partial charge in [0.25, 0.3) is 0 Å². The lowest BCUT2D eigenvalue weighted by Gasteiger charge is -2.63. The first-order valence-electron chi connectivity index (χ1n) is 14.3. The number of aliphatic hydroxyl groups is 3. The molecule has 12 atom stereocenters. The van der Waals surface area contributed by atoms with Gasteiger partial charge in [-0.15, -0.1) is 0 Å². The van der Waals surface area contributed by atoms with Crippen molar-refractivity contribution >= 4 is 17.7 Å². The Hall–Kier alpha value is -1.51. The van der Waals surface area contributed by atoms with Crippen LogP contribution in [0.15, 0.2) is 0 Å². The van der Waals surface area contributed by atoms with Crippen molar-refractivity contribution in [1.29, 1.82) is 0 Å². The highest BCUT2D eigenvalue weighted by molar-refractivity contribution is 5.98. The number of hydrogen-bond acceptors (Lipinski definition) is 6. The van der Waals surface area contributed by atoms with Gasteiger partial charge >= 0.3 is 11.9 Å². The van der Waals surface area contributed by atoms with Crippen LogP contribution in [0.3, 0.4) is 0 Å². The van der Waals surface area contributed by atoms with Gasteiger partial charge in [-0.2, -0.15) is 0 Å². The summed E-state index contributed by atoms with van der Waals surface area (Å²) >= 11 is 0. The summed E-state index contributed by atoms with van der Waals surface area (Å²) in [5.74, 6) is -3.05. The van der Waals surface area contributed by atoms with Crippen LogP contribution in [0.1, 0.15) is 91.4 Å². The van der Waals surface area contributed by atoms with Crippen LogP contribution in [0.5, 0.6) is 0 Å². The van der Waals surface area contributed by atoms with E-state index in [2.05, 4.69) is 20.8 Å². The van der Waals surface area contributed by atoms with E-state index < -0.39 is 35.8 Å². The predicted octanol–water partition coefficient (Wildman–Crippen LogP) is 3.50. The largest absolute Gasteiger partial charge is 0.481 e. The van der Waals surface area contributed by atoms with Crippen LogP contribution in [0.4, 0.5) is 0 Å². The minimum atomic E-state index is -1.30. The van der Waals surface area contributed by atoms with E-state index in [1.807, 2.05) is 0 Å². The Morgan fingerprint density at radius 2 is 1.59 bits per heavy atom. The Morgan fingerprint density at radius 3 is 2.24 bits per heavy atom. The molecule has 0 bridgehead atoms. The number of carboxylic acid groups (broad SMARTS) is 2. The van der Waals surface area contributed by atoms with E-state index in [1.54, 1.807) is 0 Å². The number of fused-ring (bicyclic) bond motifs is 5. The first-order chi connectivity index (χ1) is 17.3. The molecule has 0 radical (unpaired) electrons. The van der Waals surface area contributed by atoms with E-state index in [0.29, 0.717) is 19.3 Å². The monoisotopic (exact) mass is 522 g/mol. The average Bonchev–Trinajstić information content (AvgIpc) is 3.17. The number of aliphatic carboxylic acids is 2. The maximum atomic E-state index is 12.7. The van der Waals surface area contributed by atoms with Crippen LogP contribution in [0.2, 0.25) is 0 Å². The molecular formula is C29H46O8. The van der Waals surface area contributed by atoms with E-state index >= 15 is 0 Å². The molecule has 0 aromatic carbocycles. The van der Waals surface area contributed by atoms with Crippen LogP contribution in [0.25, 0.3) is 0 Å². The molecule has 0 spiro atoms. The number of rotatable bonds is 9. The highest BCUT2D eigenvalue weighted by Crippen LogP contribution is 2.68. The first-order valence-corrected chi connectivity index (χ1v) is 14.3. The minimum absolute atomic E-state index is 0.0172. The fourth-order valence-corrected chi connectivity index (χ4v) is 9.57. The highest BCUT2D eigenvalue weighted by Gasteiger charge is 2.65. The van der Waals surface area contributed by atoms with Crippen LogP contribution in [-0.4, -0.2) is 61.6 Å². The van der Waals surface area contributed by atoms with Crippen LogP contribution >= 0.6 is 0 Å². The molecule has 4 fully saturated rings. The summed E-state index contributed by atoms with van der Waals surface area (Å²) in [5.41, 5.74) is -0.360. The molecule has 5 N–H and O–H groups in total. The summed E-state index contributed by atoms with van der Waals surface area (Å²) in [5, 5.41) is 51.7. The lowest BCUT2D eigenvalue weighted by molar-refractivity contribution is -0.207. The topological polar surface area (TPSA) is 152 Å². The van der Waals surface area contributed by atoms with E-state index in [4.69, 9.17) is 5.11 Å². The van der Waals surface area contributed by atoms with Gasteiger partial charge in [-0.05, 0) is 104 Å². The fourth-order valence-electron chi connectivity index (χ4n) is 9.57. The fraction of sp³-hybridized carbons (Fsp3) is 0.897. The van der Waals surface area contributed by atoms with E-state index in [1.165, 1.54) is 0 Å². The van der Waals surface area contributed by atoms with Gasteiger partial charge in [0.2, 0.25) is 0 Å². The predicted molar refractivity (Wildman–Crippen MR) is 135 cm³/mol. The SMILES string of the molecule is CC(CCC(=O)C(CCC(=O)O)C(=O)O)C1CCC2C3C(O)CC4CC(O)CCC4(C)C3CC(O)C12C. The molecule has 0 aromatic rings. The summed E-state index contributed by atoms with van der Waals surface area (Å²) in [6, 6.07) is 0. The van der Waals surface area contributed by atoms with Crippen molar-refractivity contribution in [2.45, 2.75) is 110 Å². The summed E-state index contributed by atoms with van der Waals surface area (Å²) in [4.78, 5) is 35.1. The highest BCUT2D eigenvalue weighted by atomic mass is 16.4. The zero-order valence-corrected chi connectivity index (χ0v) is 22.5.